The molecule has 1 amide bonds. The Balaban J connectivity index is 1.92. The minimum absolute atomic E-state index is 0.432. The van der Waals surface area contributed by atoms with E-state index in [1.54, 1.807) is 62.8 Å². The predicted molar refractivity (Wildman–Crippen MR) is 106 cm³/mol. The van der Waals surface area contributed by atoms with Crippen molar-refractivity contribution < 1.29 is 28.5 Å². The molecule has 0 radical (unpaired) electrons. The van der Waals surface area contributed by atoms with E-state index in [2.05, 4.69) is 5.32 Å². The molecule has 0 fully saturated rings. The molecule has 0 heterocycles. The average molecular weight is 385 g/mol. The van der Waals surface area contributed by atoms with Crippen LogP contribution in [-0.2, 0) is 14.3 Å². The maximum absolute atomic E-state index is 12.2. The van der Waals surface area contributed by atoms with Crippen LogP contribution >= 0.6 is 0 Å². The van der Waals surface area contributed by atoms with Crippen molar-refractivity contribution in [1.29, 1.82) is 0 Å². The quantitative estimate of drug-likeness (QED) is 0.555. The van der Waals surface area contributed by atoms with Crippen LogP contribution in [0.5, 0.6) is 17.2 Å². The number of esters is 1. The minimum Gasteiger partial charge on any atom is -0.497 e. The molecular weight excluding hydrogens is 362 g/mol. The van der Waals surface area contributed by atoms with Crippen LogP contribution in [-0.4, -0.2) is 39.3 Å². The highest BCUT2D eigenvalue weighted by Crippen LogP contribution is 2.28. The largest absolute Gasteiger partial charge is 0.497 e. The molecule has 0 aromatic heterocycles. The molecule has 1 atom stereocenters. The van der Waals surface area contributed by atoms with Gasteiger partial charge in [-0.3, -0.25) is 4.79 Å². The highest BCUT2D eigenvalue weighted by molar-refractivity contribution is 5.96. The fraction of sp³-hybridized carbons (Fsp3) is 0.238. The summed E-state index contributed by atoms with van der Waals surface area (Å²) >= 11 is 0. The number of nitrogens with one attached hydrogen (secondary N) is 1. The Morgan fingerprint density at radius 1 is 0.929 bits per heavy atom. The van der Waals surface area contributed by atoms with Gasteiger partial charge in [0.1, 0.15) is 5.75 Å². The van der Waals surface area contributed by atoms with Crippen molar-refractivity contribution in [2.45, 2.75) is 13.0 Å². The zero-order valence-electron chi connectivity index (χ0n) is 16.2. The lowest BCUT2D eigenvalue weighted by molar-refractivity contribution is -0.148. The number of carbonyl (C=O) groups excluding carboxylic acids is 2. The molecule has 1 unspecified atom stereocenters. The standard InChI is InChI=1S/C21H23NO6/c1-14(21(24)22-16-7-9-17(25-2)10-8-16)28-20(23)12-6-15-5-11-18(26-3)19(13-15)27-4/h5-14H,1-4H3,(H,22,24)/b12-6+. The Bertz CT molecular complexity index is 844. The second kappa shape index (κ2) is 10.0. The lowest BCUT2D eigenvalue weighted by Crippen LogP contribution is -2.29. The van der Waals surface area contributed by atoms with Crippen molar-refractivity contribution >= 4 is 23.6 Å². The van der Waals surface area contributed by atoms with Gasteiger partial charge in [0.2, 0.25) is 0 Å². The molecule has 7 nitrogen and oxygen atoms in total. The number of hydrogen-bond acceptors (Lipinski definition) is 6. The number of anilines is 1. The summed E-state index contributed by atoms with van der Waals surface area (Å²) in [5, 5.41) is 2.67. The van der Waals surface area contributed by atoms with Crippen molar-refractivity contribution in [1.82, 2.24) is 0 Å². The van der Waals surface area contributed by atoms with Crippen LogP contribution in [0.4, 0.5) is 5.69 Å². The third-order valence-electron chi connectivity index (χ3n) is 3.84. The van der Waals surface area contributed by atoms with Crippen molar-refractivity contribution in [3.8, 4) is 17.2 Å². The van der Waals surface area contributed by atoms with Crippen LogP contribution in [0, 0.1) is 0 Å². The van der Waals surface area contributed by atoms with Gasteiger partial charge in [0.15, 0.2) is 17.6 Å². The number of ether oxygens (including phenoxy) is 4. The van der Waals surface area contributed by atoms with Gasteiger partial charge in [-0.05, 0) is 55.0 Å². The van der Waals surface area contributed by atoms with Crippen molar-refractivity contribution in [3.05, 3.63) is 54.1 Å². The van der Waals surface area contributed by atoms with Gasteiger partial charge in [0, 0.05) is 11.8 Å². The second-order valence-electron chi connectivity index (χ2n) is 5.74. The number of hydrogen-bond donors (Lipinski definition) is 1. The molecule has 2 rings (SSSR count). The number of benzene rings is 2. The fourth-order valence-electron chi connectivity index (χ4n) is 2.31. The van der Waals surface area contributed by atoms with Gasteiger partial charge in [-0.15, -0.1) is 0 Å². The first-order chi connectivity index (χ1) is 13.5. The van der Waals surface area contributed by atoms with E-state index in [-0.39, 0.29) is 0 Å². The van der Waals surface area contributed by atoms with Crippen LogP contribution in [0.25, 0.3) is 6.08 Å². The molecule has 0 aliphatic heterocycles. The fourth-order valence-corrected chi connectivity index (χ4v) is 2.31. The monoisotopic (exact) mass is 385 g/mol. The Kier molecular flexibility index (Phi) is 7.45. The lowest BCUT2D eigenvalue weighted by Gasteiger charge is -2.12. The maximum atomic E-state index is 12.2. The van der Waals surface area contributed by atoms with Gasteiger partial charge < -0.3 is 24.3 Å². The number of amides is 1. The molecule has 28 heavy (non-hydrogen) atoms. The molecule has 148 valence electrons. The van der Waals surface area contributed by atoms with Gasteiger partial charge in [-0.2, -0.15) is 0 Å². The normalized spacial score (nSPS) is 11.6. The average Bonchev–Trinajstić information content (AvgIpc) is 2.72. The van der Waals surface area contributed by atoms with Crippen molar-refractivity contribution in [2.75, 3.05) is 26.6 Å². The number of carbonyl (C=O) groups is 2. The smallest absolute Gasteiger partial charge is 0.331 e. The summed E-state index contributed by atoms with van der Waals surface area (Å²) in [6.45, 7) is 1.50. The van der Waals surface area contributed by atoms with Crippen molar-refractivity contribution in [3.63, 3.8) is 0 Å². The van der Waals surface area contributed by atoms with Crippen LogP contribution in [0.1, 0.15) is 12.5 Å². The van der Waals surface area contributed by atoms with Gasteiger partial charge in [0.25, 0.3) is 5.91 Å². The first-order valence-electron chi connectivity index (χ1n) is 8.52. The number of methoxy groups -OCH3 is 3. The highest BCUT2D eigenvalue weighted by Gasteiger charge is 2.16. The summed E-state index contributed by atoms with van der Waals surface area (Å²) in [6.07, 6.45) is 1.86. The molecule has 2 aromatic rings. The Hall–Kier alpha value is -3.48. The highest BCUT2D eigenvalue weighted by atomic mass is 16.5. The summed E-state index contributed by atoms with van der Waals surface area (Å²) in [4.78, 5) is 24.1. The molecule has 0 bridgehead atoms. The van der Waals surface area contributed by atoms with Gasteiger partial charge in [0.05, 0.1) is 21.3 Å². The van der Waals surface area contributed by atoms with E-state index in [9.17, 15) is 9.59 Å². The molecule has 0 aliphatic carbocycles. The molecule has 0 aliphatic rings. The molecule has 2 aromatic carbocycles. The third-order valence-corrected chi connectivity index (χ3v) is 3.84. The van der Waals surface area contributed by atoms with E-state index < -0.39 is 18.0 Å². The van der Waals surface area contributed by atoms with Gasteiger partial charge >= 0.3 is 5.97 Å². The van der Waals surface area contributed by atoms with Crippen LogP contribution in [0.15, 0.2) is 48.5 Å². The lowest BCUT2D eigenvalue weighted by atomic mass is 10.2. The summed E-state index contributed by atoms with van der Waals surface area (Å²) in [6, 6.07) is 12.1. The van der Waals surface area contributed by atoms with E-state index in [4.69, 9.17) is 18.9 Å². The first-order valence-corrected chi connectivity index (χ1v) is 8.52. The SMILES string of the molecule is COc1ccc(NC(=O)C(C)OC(=O)/C=C/c2ccc(OC)c(OC)c2)cc1. The molecular formula is C21H23NO6. The van der Waals surface area contributed by atoms with Gasteiger partial charge in [-0.1, -0.05) is 6.07 Å². The zero-order valence-corrected chi connectivity index (χ0v) is 16.2. The number of rotatable bonds is 8. The minimum atomic E-state index is -0.954. The third kappa shape index (κ3) is 5.77. The summed E-state index contributed by atoms with van der Waals surface area (Å²) in [5.74, 6) is 0.749. The predicted octanol–water partition coefficient (Wildman–Crippen LogP) is 3.30. The molecule has 0 saturated heterocycles. The first kappa shape index (κ1) is 20.8. The molecule has 7 heteroatoms. The van der Waals surface area contributed by atoms with Crippen molar-refractivity contribution in [2.24, 2.45) is 0 Å². The van der Waals surface area contributed by atoms with Gasteiger partial charge in [-0.25, -0.2) is 4.79 Å². The van der Waals surface area contributed by atoms with Crippen LogP contribution in [0.2, 0.25) is 0 Å². The topological polar surface area (TPSA) is 83.1 Å². The Morgan fingerprint density at radius 2 is 1.61 bits per heavy atom. The molecule has 1 N–H and O–H groups in total. The maximum Gasteiger partial charge on any atom is 0.331 e. The summed E-state index contributed by atoms with van der Waals surface area (Å²) < 4.78 is 20.6. The van der Waals surface area contributed by atoms with E-state index in [0.29, 0.717) is 22.9 Å². The van der Waals surface area contributed by atoms with Crippen LogP contribution < -0.4 is 19.5 Å². The Labute approximate surface area is 163 Å². The van der Waals surface area contributed by atoms with E-state index in [1.807, 2.05) is 0 Å². The zero-order chi connectivity index (χ0) is 20.5. The second-order valence-corrected chi connectivity index (χ2v) is 5.74. The molecule has 0 spiro atoms. The van der Waals surface area contributed by atoms with E-state index >= 15 is 0 Å². The van der Waals surface area contributed by atoms with E-state index in [1.165, 1.54) is 20.1 Å². The summed E-state index contributed by atoms with van der Waals surface area (Å²) in [5.41, 5.74) is 1.31. The summed E-state index contributed by atoms with van der Waals surface area (Å²) in [7, 11) is 4.64. The Morgan fingerprint density at radius 3 is 2.21 bits per heavy atom. The van der Waals surface area contributed by atoms with Crippen LogP contribution in [0.3, 0.4) is 0 Å². The van der Waals surface area contributed by atoms with E-state index in [0.717, 1.165) is 5.56 Å². The molecule has 0 saturated carbocycles.